The molecule has 0 spiro atoms. The Kier molecular flexibility index (Phi) is 34.8. The number of nitrogens with zero attached hydrogens (tertiary/aromatic N) is 1. The molecule has 2 unspecified atom stereocenters. The van der Waals surface area contributed by atoms with E-state index >= 15 is 0 Å². The van der Waals surface area contributed by atoms with Gasteiger partial charge in [0.2, 0.25) is 0 Å². The van der Waals surface area contributed by atoms with Crippen LogP contribution in [0.4, 0.5) is 0 Å². The number of rotatable bonds is 38. The van der Waals surface area contributed by atoms with Crippen molar-refractivity contribution < 1.29 is 38.2 Å². The van der Waals surface area contributed by atoms with Gasteiger partial charge in [-0.05, 0) is 64.2 Å². The van der Waals surface area contributed by atoms with Crippen LogP contribution in [0.1, 0.15) is 181 Å². The van der Waals surface area contributed by atoms with E-state index in [0.29, 0.717) is 12.8 Å². The topological polar surface area (TPSA) is 102 Å². The molecular formula is C45H81NO7. The molecule has 0 rings (SSSR count). The number of hydrogen-bond donors (Lipinski definition) is 0. The highest BCUT2D eigenvalue weighted by Crippen LogP contribution is 2.13. The number of likely N-dealkylation sites (N-methyl/N-ethyl adjacent to an activating group) is 1. The van der Waals surface area contributed by atoms with Crippen molar-refractivity contribution in [2.75, 3.05) is 41.0 Å². The van der Waals surface area contributed by atoms with Crippen LogP contribution in [0.15, 0.2) is 36.5 Å². The van der Waals surface area contributed by atoms with Crippen molar-refractivity contribution in [1.82, 2.24) is 0 Å². The second-order valence-corrected chi connectivity index (χ2v) is 15.6. The highest BCUT2D eigenvalue weighted by atomic mass is 16.6. The Bertz CT molecular complexity index is 968. The van der Waals surface area contributed by atoms with Crippen molar-refractivity contribution in [3.8, 4) is 0 Å². The maximum atomic E-state index is 12.7. The van der Waals surface area contributed by atoms with Gasteiger partial charge in [-0.25, -0.2) is 0 Å². The first kappa shape index (κ1) is 50.5. The van der Waals surface area contributed by atoms with Crippen LogP contribution in [0.3, 0.4) is 0 Å². The Morgan fingerprint density at radius 1 is 0.566 bits per heavy atom. The zero-order valence-electron chi connectivity index (χ0n) is 34.9. The first-order valence-electron chi connectivity index (χ1n) is 21.5. The summed E-state index contributed by atoms with van der Waals surface area (Å²) in [5.41, 5.74) is 0. The molecule has 0 fully saturated rings. The lowest BCUT2D eigenvalue weighted by Gasteiger charge is -2.34. The number of quaternary nitrogens is 1. The van der Waals surface area contributed by atoms with Gasteiger partial charge in [-0.15, -0.1) is 0 Å². The normalized spacial score (nSPS) is 13.3. The molecule has 8 nitrogen and oxygen atoms in total. The fourth-order valence-electron chi connectivity index (χ4n) is 6.11. The van der Waals surface area contributed by atoms with Gasteiger partial charge in [0.15, 0.2) is 6.10 Å². The number of carbonyl (C=O) groups excluding carboxylic acids is 3. The summed E-state index contributed by atoms with van der Waals surface area (Å²) in [6.45, 7) is 4.60. The molecule has 308 valence electrons. The van der Waals surface area contributed by atoms with E-state index in [0.717, 1.165) is 70.6 Å². The molecular weight excluding hydrogens is 666 g/mol. The van der Waals surface area contributed by atoms with Crippen molar-refractivity contribution in [3.05, 3.63) is 36.5 Å². The van der Waals surface area contributed by atoms with E-state index in [-0.39, 0.29) is 42.7 Å². The van der Waals surface area contributed by atoms with Crippen LogP contribution in [0.25, 0.3) is 0 Å². The molecule has 0 aromatic heterocycles. The molecule has 0 aliphatic rings. The van der Waals surface area contributed by atoms with Crippen LogP contribution in [0, 0.1) is 0 Å². The lowest BCUT2D eigenvalue weighted by Crippen LogP contribution is -2.55. The lowest BCUT2D eigenvalue weighted by molar-refractivity contribution is -0.889. The first-order chi connectivity index (χ1) is 25.6. The molecule has 0 aromatic carbocycles. The third-order valence-electron chi connectivity index (χ3n) is 9.53. The first-order valence-corrected chi connectivity index (χ1v) is 21.5. The third kappa shape index (κ3) is 35.0. The monoisotopic (exact) mass is 748 g/mol. The molecule has 0 radical (unpaired) electrons. The summed E-state index contributed by atoms with van der Waals surface area (Å²) in [5, 5.41) is 11.6. The SMILES string of the molecule is CCCCC/C=C/C=C/CCCCCCCCC(=O)OC(COCCC(C(=O)[O-])[N+](C)(C)C)COC(=O)CCCCC/C=C/CCCCCCCCC. The van der Waals surface area contributed by atoms with Gasteiger partial charge in [0.25, 0.3) is 0 Å². The largest absolute Gasteiger partial charge is 0.544 e. The van der Waals surface area contributed by atoms with Crippen LogP contribution in [-0.2, 0) is 28.6 Å². The average Bonchev–Trinajstić information content (AvgIpc) is 3.11. The molecule has 0 aromatic rings. The predicted octanol–water partition coefficient (Wildman–Crippen LogP) is 10.1. The third-order valence-corrected chi connectivity index (χ3v) is 9.53. The minimum absolute atomic E-state index is 0.0320. The van der Waals surface area contributed by atoms with Crippen LogP contribution >= 0.6 is 0 Å². The number of hydrogen-bond acceptors (Lipinski definition) is 7. The maximum absolute atomic E-state index is 12.7. The van der Waals surface area contributed by atoms with Crippen molar-refractivity contribution in [2.24, 2.45) is 0 Å². The van der Waals surface area contributed by atoms with Gasteiger partial charge in [0.1, 0.15) is 12.6 Å². The summed E-state index contributed by atoms with van der Waals surface area (Å²) in [7, 11) is 5.39. The molecule has 53 heavy (non-hydrogen) atoms. The molecule has 0 saturated heterocycles. The maximum Gasteiger partial charge on any atom is 0.306 e. The van der Waals surface area contributed by atoms with E-state index in [1.54, 1.807) is 21.1 Å². The smallest absolute Gasteiger partial charge is 0.306 e. The van der Waals surface area contributed by atoms with Gasteiger partial charge in [-0.3, -0.25) is 9.59 Å². The number of allylic oxidation sites excluding steroid dienone is 6. The van der Waals surface area contributed by atoms with E-state index < -0.39 is 18.1 Å². The fraction of sp³-hybridized carbons (Fsp3) is 0.800. The molecule has 0 aliphatic carbocycles. The van der Waals surface area contributed by atoms with E-state index in [1.165, 1.54) is 77.0 Å². The van der Waals surface area contributed by atoms with E-state index in [1.807, 2.05) is 0 Å². The molecule has 0 N–H and O–H groups in total. The van der Waals surface area contributed by atoms with Crippen molar-refractivity contribution in [2.45, 2.75) is 193 Å². The summed E-state index contributed by atoms with van der Waals surface area (Å²) < 4.78 is 17.1. The number of carboxylic acid groups (broad SMARTS) is 1. The highest BCUT2D eigenvalue weighted by Gasteiger charge is 2.25. The summed E-state index contributed by atoms with van der Waals surface area (Å²) in [6, 6.07) is -0.729. The Balaban J connectivity index is 4.41. The van der Waals surface area contributed by atoms with Gasteiger partial charge >= 0.3 is 11.9 Å². The zero-order valence-corrected chi connectivity index (χ0v) is 34.9. The molecule has 0 aliphatic heterocycles. The Labute approximate surface area is 325 Å². The van der Waals surface area contributed by atoms with E-state index in [9.17, 15) is 19.5 Å². The molecule has 0 saturated carbocycles. The van der Waals surface area contributed by atoms with Gasteiger partial charge < -0.3 is 28.6 Å². The second kappa shape index (κ2) is 36.5. The molecule has 0 amide bonds. The second-order valence-electron chi connectivity index (χ2n) is 15.6. The van der Waals surface area contributed by atoms with Crippen LogP contribution < -0.4 is 5.11 Å². The van der Waals surface area contributed by atoms with Crippen molar-refractivity contribution >= 4 is 17.9 Å². The van der Waals surface area contributed by atoms with Crippen LogP contribution in [-0.4, -0.2) is 75.5 Å². The molecule has 8 heteroatoms. The highest BCUT2D eigenvalue weighted by molar-refractivity contribution is 5.70. The number of ether oxygens (including phenoxy) is 3. The van der Waals surface area contributed by atoms with Gasteiger partial charge in [-0.1, -0.05) is 134 Å². The number of unbranched alkanes of at least 4 members (excludes halogenated alkanes) is 19. The number of esters is 2. The Hall–Kier alpha value is -2.45. The summed E-state index contributed by atoms with van der Waals surface area (Å²) >= 11 is 0. The average molecular weight is 748 g/mol. The van der Waals surface area contributed by atoms with Gasteiger partial charge in [-0.2, -0.15) is 0 Å². The molecule has 2 atom stereocenters. The number of aliphatic carboxylic acids is 1. The summed E-state index contributed by atoms with van der Waals surface area (Å²) in [4.78, 5) is 36.8. The number of carbonyl (C=O) groups is 3. The Morgan fingerprint density at radius 2 is 1.00 bits per heavy atom. The fourth-order valence-corrected chi connectivity index (χ4v) is 6.11. The quantitative estimate of drug-likeness (QED) is 0.0204. The van der Waals surface area contributed by atoms with Crippen molar-refractivity contribution in [1.29, 1.82) is 0 Å². The standard InChI is InChI=1S/C45H81NO7/c1-6-8-10-12-14-16-18-20-22-24-26-28-30-32-34-36-44(48)53-41(39-51-38-37-42(45(49)50)46(3,4)5)40-52-43(47)35-33-31-29-27-25-23-21-19-17-15-13-11-9-7-2/h14,16,18,20,23,25,41-42H,6-13,15,17,19,21-22,24,26-40H2,1-5H3/b16-14+,20-18+,25-23+. The minimum Gasteiger partial charge on any atom is -0.544 e. The predicted molar refractivity (Wildman–Crippen MR) is 217 cm³/mol. The lowest BCUT2D eigenvalue weighted by atomic mass is 10.1. The van der Waals surface area contributed by atoms with Crippen LogP contribution in [0.5, 0.6) is 0 Å². The van der Waals surface area contributed by atoms with E-state index in [2.05, 4.69) is 50.3 Å². The summed E-state index contributed by atoms with van der Waals surface area (Å²) in [5.74, 6) is -1.77. The van der Waals surface area contributed by atoms with Gasteiger partial charge in [0, 0.05) is 19.3 Å². The summed E-state index contributed by atoms with van der Waals surface area (Å²) in [6.07, 6.45) is 40.2. The van der Waals surface area contributed by atoms with E-state index in [4.69, 9.17) is 14.2 Å². The van der Waals surface area contributed by atoms with Crippen LogP contribution in [0.2, 0.25) is 0 Å². The van der Waals surface area contributed by atoms with Crippen molar-refractivity contribution in [3.63, 3.8) is 0 Å². The zero-order chi connectivity index (χ0) is 39.3. The molecule has 0 bridgehead atoms. The molecule has 0 heterocycles. The minimum atomic E-state index is -1.13. The number of carboxylic acids is 1. The van der Waals surface area contributed by atoms with Gasteiger partial charge in [0.05, 0.1) is 40.3 Å². The Morgan fingerprint density at radius 3 is 1.53 bits per heavy atom.